The summed E-state index contributed by atoms with van der Waals surface area (Å²) in [6.45, 7) is 4.15. The number of rotatable bonds is 3. The van der Waals surface area contributed by atoms with Crippen molar-refractivity contribution in [2.75, 3.05) is 6.54 Å². The van der Waals surface area contributed by atoms with Gasteiger partial charge in [0, 0.05) is 5.56 Å². The van der Waals surface area contributed by atoms with Gasteiger partial charge in [-0.2, -0.15) is 0 Å². The lowest BCUT2D eigenvalue weighted by Gasteiger charge is -2.06. The third-order valence-electron chi connectivity index (χ3n) is 1.79. The second-order valence-corrected chi connectivity index (χ2v) is 2.80. The predicted octanol–water partition coefficient (Wildman–Crippen LogP) is 1.89. The fraction of sp³-hybridized carbons (Fsp3) is 0.200. The third kappa shape index (κ3) is 2.29. The highest BCUT2D eigenvalue weighted by Gasteiger charge is 2.05. The number of halogens is 1. The van der Waals surface area contributed by atoms with Crippen LogP contribution in [0, 0.1) is 5.82 Å². The molecule has 0 unspecified atom stereocenters. The lowest BCUT2D eigenvalue weighted by molar-refractivity contribution is 0.471. The van der Waals surface area contributed by atoms with Gasteiger partial charge in [-0.15, -0.1) is 0 Å². The number of hydrogen-bond acceptors (Lipinski definition) is 2. The van der Waals surface area contributed by atoms with Crippen LogP contribution in [-0.2, 0) is 0 Å². The second-order valence-electron chi connectivity index (χ2n) is 2.80. The molecule has 1 rings (SSSR count). The maximum Gasteiger partial charge on any atom is 0.124 e. The topological polar surface area (TPSA) is 46.2 Å². The van der Waals surface area contributed by atoms with Crippen LogP contribution in [-0.4, -0.2) is 11.7 Å². The van der Waals surface area contributed by atoms with Crippen molar-refractivity contribution in [1.29, 1.82) is 0 Å². The molecule has 0 radical (unpaired) electrons. The summed E-state index contributed by atoms with van der Waals surface area (Å²) in [4.78, 5) is 0. The van der Waals surface area contributed by atoms with Crippen LogP contribution in [0.15, 0.2) is 24.8 Å². The third-order valence-corrected chi connectivity index (χ3v) is 1.79. The van der Waals surface area contributed by atoms with Crippen molar-refractivity contribution in [2.45, 2.75) is 6.42 Å². The van der Waals surface area contributed by atoms with E-state index in [0.29, 0.717) is 24.1 Å². The first kappa shape index (κ1) is 9.74. The summed E-state index contributed by atoms with van der Waals surface area (Å²) >= 11 is 0. The first-order valence-electron chi connectivity index (χ1n) is 4.02. The van der Waals surface area contributed by atoms with E-state index in [9.17, 15) is 9.50 Å². The molecule has 0 heterocycles. The molecule has 13 heavy (non-hydrogen) atoms. The molecule has 0 saturated carbocycles. The molecule has 0 aliphatic rings. The summed E-state index contributed by atoms with van der Waals surface area (Å²) < 4.78 is 12.8. The summed E-state index contributed by atoms with van der Waals surface area (Å²) in [5, 5.41) is 9.36. The van der Waals surface area contributed by atoms with Gasteiger partial charge in [-0.1, -0.05) is 6.58 Å². The highest BCUT2D eigenvalue weighted by atomic mass is 19.1. The zero-order chi connectivity index (χ0) is 9.84. The SMILES string of the molecule is C=C(CCN)c1cc(F)ccc1O. The van der Waals surface area contributed by atoms with Crippen molar-refractivity contribution in [3.05, 3.63) is 36.2 Å². The monoisotopic (exact) mass is 181 g/mol. The normalized spacial score (nSPS) is 10.0. The highest BCUT2D eigenvalue weighted by Crippen LogP contribution is 2.26. The molecular formula is C10H12FNO. The van der Waals surface area contributed by atoms with E-state index >= 15 is 0 Å². The van der Waals surface area contributed by atoms with Crippen molar-refractivity contribution < 1.29 is 9.50 Å². The molecule has 2 nitrogen and oxygen atoms in total. The Balaban J connectivity index is 2.99. The van der Waals surface area contributed by atoms with E-state index in [4.69, 9.17) is 5.73 Å². The van der Waals surface area contributed by atoms with Gasteiger partial charge in [0.05, 0.1) is 0 Å². The molecule has 1 aromatic rings. The molecule has 0 spiro atoms. The van der Waals surface area contributed by atoms with Gasteiger partial charge < -0.3 is 10.8 Å². The van der Waals surface area contributed by atoms with E-state index in [0.717, 1.165) is 0 Å². The van der Waals surface area contributed by atoms with E-state index in [1.54, 1.807) is 0 Å². The molecule has 0 aliphatic carbocycles. The quantitative estimate of drug-likeness (QED) is 0.748. The van der Waals surface area contributed by atoms with Crippen molar-refractivity contribution in [3.63, 3.8) is 0 Å². The first-order valence-corrected chi connectivity index (χ1v) is 4.02. The van der Waals surface area contributed by atoms with Gasteiger partial charge in [0.2, 0.25) is 0 Å². The minimum absolute atomic E-state index is 0.0415. The molecule has 0 fully saturated rings. The Bertz CT molecular complexity index is 323. The maximum atomic E-state index is 12.8. The Labute approximate surface area is 76.5 Å². The summed E-state index contributed by atoms with van der Waals surface area (Å²) in [5.41, 5.74) is 6.41. The van der Waals surface area contributed by atoms with Gasteiger partial charge in [-0.25, -0.2) is 4.39 Å². The zero-order valence-electron chi connectivity index (χ0n) is 7.26. The molecule has 0 aromatic heterocycles. The molecule has 0 amide bonds. The van der Waals surface area contributed by atoms with Crippen LogP contribution in [0.4, 0.5) is 4.39 Å². The predicted molar refractivity (Wildman–Crippen MR) is 50.8 cm³/mol. The van der Waals surface area contributed by atoms with Crippen LogP contribution in [0.2, 0.25) is 0 Å². The Morgan fingerprint density at radius 2 is 2.23 bits per heavy atom. The van der Waals surface area contributed by atoms with Gasteiger partial charge in [0.15, 0.2) is 0 Å². The Morgan fingerprint density at radius 3 is 2.85 bits per heavy atom. The Morgan fingerprint density at radius 1 is 1.54 bits per heavy atom. The van der Waals surface area contributed by atoms with Crippen LogP contribution in [0.1, 0.15) is 12.0 Å². The molecule has 0 bridgehead atoms. The number of phenols is 1. The number of nitrogens with two attached hydrogens (primary N) is 1. The number of benzene rings is 1. The van der Waals surface area contributed by atoms with Crippen molar-refractivity contribution in [2.24, 2.45) is 5.73 Å². The van der Waals surface area contributed by atoms with E-state index in [1.807, 2.05) is 0 Å². The number of aromatic hydroxyl groups is 1. The molecular weight excluding hydrogens is 169 g/mol. The summed E-state index contributed by atoms with van der Waals surface area (Å²) in [7, 11) is 0. The fourth-order valence-electron chi connectivity index (χ4n) is 1.10. The minimum Gasteiger partial charge on any atom is -0.507 e. The van der Waals surface area contributed by atoms with E-state index in [-0.39, 0.29) is 11.6 Å². The lowest BCUT2D eigenvalue weighted by Crippen LogP contribution is -1.99. The van der Waals surface area contributed by atoms with E-state index in [1.165, 1.54) is 18.2 Å². The highest BCUT2D eigenvalue weighted by molar-refractivity contribution is 5.68. The number of hydrogen-bond donors (Lipinski definition) is 2. The molecule has 0 aliphatic heterocycles. The second kappa shape index (κ2) is 4.05. The molecule has 0 saturated heterocycles. The van der Waals surface area contributed by atoms with Gasteiger partial charge >= 0.3 is 0 Å². The molecule has 3 N–H and O–H groups in total. The number of phenolic OH excluding ortho intramolecular Hbond substituents is 1. The minimum atomic E-state index is -0.383. The summed E-state index contributed by atoms with van der Waals surface area (Å²) in [6.07, 6.45) is 0.553. The molecule has 0 atom stereocenters. The maximum absolute atomic E-state index is 12.8. The summed E-state index contributed by atoms with van der Waals surface area (Å²) in [5.74, 6) is -0.342. The van der Waals surface area contributed by atoms with Crippen LogP contribution >= 0.6 is 0 Å². The standard InChI is InChI=1S/C10H12FNO/c1-7(4-5-12)9-6-8(11)2-3-10(9)13/h2-3,6,13H,1,4-5,12H2. The molecule has 3 heteroatoms. The Kier molecular flexibility index (Phi) is 3.03. The Hall–Kier alpha value is -1.35. The van der Waals surface area contributed by atoms with Crippen LogP contribution < -0.4 is 5.73 Å². The van der Waals surface area contributed by atoms with Crippen molar-refractivity contribution in [1.82, 2.24) is 0 Å². The van der Waals surface area contributed by atoms with Gasteiger partial charge in [0.25, 0.3) is 0 Å². The van der Waals surface area contributed by atoms with Gasteiger partial charge in [-0.05, 0) is 36.7 Å². The van der Waals surface area contributed by atoms with Crippen LogP contribution in [0.5, 0.6) is 5.75 Å². The van der Waals surface area contributed by atoms with Gasteiger partial charge in [0.1, 0.15) is 11.6 Å². The van der Waals surface area contributed by atoms with Crippen LogP contribution in [0.25, 0.3) is 5.57 Å². The first-order chi connectivity index (χ1) is 6.15. The van der Waals surface area contributed by atoms with Crippen molar-refractivity contribution >= 4 is 5.57 Å². The largest absolute Gasteiger partial charge is 0.507 e. The average molecular weight is 181 g/mol. The van der Waals surface area contributed by atoms with Crippen LogP contribution in [0.3, 0.4) is 0 Å². The molecule has 70 valence electrons. The summed E-state index contributed by atoms with van der Waals surface area (Å²) in [6, 6.07) is 3.77. The van der Waals surface area contributed by atoms with Crippen molar-refractivity contribution in [3.8, 4) is 5.75 Å². The fourth-order valence-corrected chi connectivity index (χ4v) is 1.10. The van der Waals surface area contributed by atoms with E-state index in [2.05, 4.69) is 6.58 Å². The lowest BCUT2D eigenvalue weighted by atomic mass is 10.0. The molecule has 1 aromatic carbocycles. The zero-order valence-corrected chi connectivity index (χ0v) is 7.26. The van der Waals surface area contributed by atoms with E-state index < -0.39 is 0 Å². The smallest absolute Gasteiger partial charge is 0.124 e. The van der Waals surface area contributed by atoms with Gasteiger partial charge in [-0.3, -0.25) is 0 Å². The average Bonchev–Trinajstić information content (AvgIpc) is 2.09.